The highest BCUT2D eigenvalue weighted by molar-refractivity contribution is 5.54. The van der Waals surface area contributed by atoms with Crippen LogP contribution in [0.1, 0.15) is 0 Å². The molecule has 0 saturated carbocycles. The summed E-state index contributed by atoms with van der Waals surface area (Å²) in [6, 6.07) is 3.33. The Balaban J connectivity index is 3.08. The fourth-order valence-electron chi connectivity index (χ4n) is 0.660. The predicted molar refractivity (Wildman–Crippen MR) is 41.6 cm³/mol. The van der Waals surface area contributed by atoms with Gasteiger partial charge in [-0.2, -0.15) is 0 Å². The van der Waals surface area contributed by atoms with Crippen LogP contribution in [0.5, 0.6) is 0 Å². The van der Waals surface area contributed by atoms with E-state index in [1.54, 1.807) is 18.3 Å². The summed E-state index contributed by atoms with van der Waals surface area (Å²) in [4.78, 5) is 3.84. The summed E-state index contributed by atoms with van der Waals surface area (Å²) in [6.07, 6.45) is 1.54. The maximum absolute atomic E-state index is 4.85. The first-order valence-corrected chi connectivity index (χ1v) is 3.05. The van der Waals surface area contributed by atoms with Gasteiger partial charge in [-0.3, -0.25) is 0 Å². The van der Waals surface area contributed by atoms with Crippen molar-refractivity contribution in [3.63, 3.8) is 0 Å². The molecule has 7 nitrogen and oxygen atoms in total. The second-order valence-electron chi connectivity index (χ2n) is 1.78. The molecule has 1 rings (SSSR count). The van der Waals surface area contributed by atoms with Crippen LogP contribution in [0.4, 0.5) is 11.5 Å². The molecule has 7 heteroatoms. The number of aromatic nitrogens is 1. The second-order valence-corrected chi connectivity index (χ2v) is 1.78. The zero-order valence-corrected chi connectivity index (χ0v) is 6.12. The molecule has 0 bridgehead atoms. The van der Waals surface area contributed by atoms with Gasteiger partial charge < -0.3 is 11.7 Å². The van der Waals surface area contributed by atoms with Crippen molar-refractivity contribution in [2.75, 3.05) is 0 Å². The average Bonchev–Trinajstić information content (AvgIpc) is 2.09. The topological polar surface area (TPSA) is 114 Å². The molecule has 0 amide bonds. The van der Waals surface area contributed by atoms with E-state index in [0.717, 1.165) is 0 Å². The van der Waals surface area contributed by atoms with Crippen LogP contribution in [0.2, 0.25) is 0 Å². The van der Waals surface area contributed by atoms with Gasteiger partial charge in [0, 0.05) is 6.20 Å². The molecule has 1 heterocycles. The third-order valence-corrected chi connectivity index (χ3v) is 1.08. The van der Waals surface area contributed by atoms with Gasteiger partial charge in [-0.05, 0) is 12.1 Å². The second kappa shape index (κ2) is 3.96. The van der Waals surface area contributed by atoms with Gasteiger partial charge in [-0.25, -0.2) is 4.98 Å². The van der Waals surface area contributed by atoms with Crippen molar-refractivity contribution in [3.8, 4) is 0 Å². The van der Waals surface area contributed by atoms with Crippen molar-refractivity contribution in [2.45, 2.75) is 0 Å². The van der Waals surface area contributed by atoms with E-state index in [-0.39, 0.29) is 5.82 Å². The third kappa shape index (κ3) is 1.72. The van der Waals surface area contributed by atoms with Gasteiger partial charge in [0.2, 0.25) is 5.82 Å². The van der Waals surface area contributed by atoms with E-state index in [9.17, 15) is 0 Å². The van der Waals surface area contributed by atoms with Crippen molar-refractivity contribution >= 4 is 11.5 Å². The van der Waals surface area contributed by atoms with Crippen molar-refractivity contribution in [3.05, 3.63) is 18.3 Å². The number of nitrogens with two attached hydrogens (primary N) is 2. The highest BCUT2D eigenvalue weighted by Crippen LogP contribution is 2.23. The van der Waals surface area contributed by atoms with Gasteiger partial charge >= 0.3 is 0 Å². The van der Waals surface area contributed by atoms with E-state index in [1.165, 1.54) is 0 Å². The van der Waals surface area contributed by atoms with Gasteiger partial charge in [0.05, 0.1) is 0 Å². The minimum absolute atomic E-state index is 0.286. The molecule has 0 unspecified atom stereocenters. The first-order chi connectivity index (χ1) is 5.88. The van der Waals surface area contributed by atoms with Crippen LogP contribution in [-0.4, -0.2) is 4.98 Å². The number of hydrogen-bond acceptors (Lipinski definition) is 5. The number of rotatable bonds is 2. The van der Waals surface area contributed by atoms with Crippen molar-refractivity contribution < 1.29 is 0 Å². The Morgan fingerprint density at radius 2 is 1.92 bits per heavy atom. The summed E-state index contributed by atoms with van der Waals surface area (Å²) in [5.74, 6) is 9.98. The zero-order valence-electron chi connectivity index (χ0n) is 6.12. The molecular weight excluding hydrogens is 158 g/mol. The molecule has 4 N–H and O–H groups in total. The summed E-state index contributed by atoms with van der Waals surface area (Å²) < 4.78 is 0. The average molecular weight is 165 g/mol. The number of pyridine rings is 1. The predicted octanol–water partition coefficient (Wildman–Crippen LogP) is 0.996. The lowest BCUT2D eigenvalue weighted by Gasteiger charge is -1.92. The van der Waals surface area contributed by atoms with Crippen molar-refractivity contribution in [2.24, 2.45) is 32.4 Å². The summed E-state index contributed by atoms with van der Waals surface area (Å²) in [5, 5.41) is 13.2. The molecule has 12 heavy (non-hydrogen) atoms. The molecule has 0 atom stereocenters. The lowest BCUT2D eigenvalue weighted by molar-refractivity contribution is 1.01. The maximum Gasteiger partial charge on any atom is 0.204 e. The Bertz CT molecular complexity index is 273. The molecule has 1 aromatic heterocycles. The van der Waals surface area contributed by atoms with Gasteiger partial charge in [0.1, 0.15) is 5.69 Å². The van der Waals surface area contributed by atoms with Crippen LogP contribution >= 0.6 is 0 Å². The molecule has 0 aliphatic carbocycles. The first-order valence-electron chi connectivity index (χ1n) is 3.05. The largest absolute Gasteiger partial charge is 0.305 e. The summed E-state index contributed by atoms with van der Waals surface area (Å²) in [7, 11) is 0. The Morgan fingerprint density at radius 3 is 2.58 bits per heavy atom. The molecule has 0 aromatic carbocycles. The normalized spacial score (nSPS) is 11.3. The molecule has 0 aliphatic rings. The smallest absolute Gasteiger partial charge is 0.204 e. The molecule has 1 aromatic rings. The monoisotopic (exact) mass is 165 g/mol. The van der Waals surface area contributed by atoms with E-state index in [4.69, 9.17) is 11.7 Å². The maximum atomic E-state index is 4.85. The van der Waals surface area contributed by atoms with Gasteiger partial charge in [0.15, 0.2) is 0 Å². The lowest BCUT2D eigenvalue weighted by Crippen LogP contribution is -1.79. The molecule has 0 aliphatic heterocycles. The highest BCUT2D eigenvalue weighted by atomic mass is 15.3. The highest BCUT2D eigenvalue weighted by Gasteiger charge is 1.98. The Labute approximate surface area is 68.2 Å². The lowest BCUT2D eigenvalue weighted by atomic mass is 10.4. The van der Waals surface area contributed by atoms with Gasteiger partial charge in [0.25, 0.3) is 0 Å². The van der Waals surface area contributed by atoms with Crippen molar-refractivity contribution in [1.29, 1.82) is 0 Å². The first kappa shape index (κ1) is 8.05. The summed E-state index contributed by atoms with van der Waals surface area (Å²) in [5.41, 5.74) is 0.425. The minimum Gasteiger partial charge on any atom is -0.305 e. The van der Waals surface area contributed by atoms with Crippen LogP contribution in [0, 0.1) is 0 Å². The molecule has 0 saturated heterocycles. The van der Waals surface area contributed by atoms with Crippen LogP contribution < -0.4 is 11.7 Å². The minimum atomic E-state index is 0.286. The molecular formula is C5H7N7. The van der Waals surface area contributed by atoms with Gasteiger partial charge in [-0.15, -0.1) is 10.2 Å². The Kier molecular flexibility index (Phi) is 2.66. The molecule has 0 spiro atoms. The zero-order chi connectivity index (χ0) is 8.81. The Morgan fingerprint density at radius 1 is 1.17 bits per heavy atom. The number of nitrogens with zero attached hydrogens (tertiary/aromatic N) is 5. The SMILES string of the molecule is NN=Nc1cccnc1N=NN. The summed E-state index contributed by atoms with van der Waals surface area (Å²) in [6.45, 7) is 0. The van der Waals surface area contributed by atoms with E-state index in [1.807, 2.05) is 0 Å². The van der Waals surface area contributed by atoms with Crippen molar-refractivity contribution in [1.82, 2.24) is 4.98 Å². The van der Waals surface area contributed by atoms with Gasteiger partial charge in [-0.1, -0.05) is 10.4 Å². The van der Waals surface area contributed by atoms with E-state index in [0.29, 0.717) is 5.69 Å². The standard InChI is InChI=1S/C5H7N7/c6-11-9-4-2-1-3-8-5(4)10-12-7/h1-3H,(H2,6,9)(H2,7,8,10). The third-order valence-electron chi connectivity index (χ3n) is 1.08. The quantitative estimate of drug-likeness (QED) is 0.386. The van der Waals surface area contributed by atoms with E-state index in [2.05, 4.69) is 25.7 Å². The molecule has 62 valence electrons. The summed E-state index contributed by atoms with van der Waals surface area (Å²) >= 11 is 0. The van der Waals surface area contributed by atoms with Crippen LogP contribution in [0.15, 0.2) is 39.0 Å². The van der Waals surface area contributed by atoms with E-state index >= 15 is 0 Å². The Hall–Kier alpha value is -2.05. The van der Waals surface area contributed by atoms with Crippen LogP contribution in [0.25, 0.3) is 0 Å². The van der Waals surface area contributed by atoms with Crippen LogP contribution in [0.3, 0.4) is 0 Å². The molecule has 0 fully saturated rings. The number of hydrogen-bond donors (Lipinski definition) is 2. The molecule has 0 radical (unpaired) electrons. The van der Waals surface area contributed by atoms with Crippen LogP contribution in [-0.2, 0) is 0 Å². The van der Waals surface area contributed by atoms with E-state index < -0.39 is 0 Å². The fourth-order valence-corrected chi connectivity index (χ4v) is 0.660. The fraction of sp³-hybridized carbons (Fsp3) is 0.